The highest BCUT2D eigenvalue weighted by Crippen LogP contribution is 2.02. The quantitative estimate of drug-likeness (QED) is 0.507. The third-order valence-electron chi connectivity index (χ3n) is 2.91. The number of imide groups is 1. The smallest absolute Gasteiger partial charge is 0.322 e. The van der Waals surface area contributed by atoms with E-state index < -0.39 is 23.9 Å². The molecule has 1 rings (SSSR count). The van der Waals surface area contributed by atoms with Gasteiger partial charge in [0.25, 0.3) is 0 Å². The fourth-order valence-corrected chi connectivity index (χ4v) is 1.87. The van der Waals surface area contributed by atoms with Crippen molar-refractivity contribution in [2.45, 2.75) is 19.9 Å². The molecule has 0 aromatic rings. The number of piperazine rings is 1. The predicted molar refractivity (Wildman–Crippen MR) is 72.2 cm³/mol. The van der Waals surface area contributed by atoms with Crippen LogP contribution in [0.25, 0.3) is 0 Å². The normalized spacial score (nSPS) is 19.6. The van der Waals surface area contributed by atoms with Crippen molar-refractivity contribution in [3.8, 4) is 0 Å². The fraction of sp³-hybridized carbons (Fsp3) is 0.750. The molecule has 0 saturated carbocycles. The van der Waals surface area contributed by atoms with Gasteiger partial charge in [0.05, 0.1) is 6.54 Å². The van der Waals surface area contributed by atoms with E-state index in [4.69, 9.17) is 5.11 Å². The summed E-state index contributed by atoms with van der Waals surface area (Å²) in [5.41, 5.74) is 0. The lowest BCUT2D eigenvalue weighted by molar-refractivity contribution is -0.144. The summed E-state index contributed by atoms with van der Waals surface area (Å²) in [4.78, 5) is 35.7. The third kappa shape index (κ3) is 5.54. The van der Waals surface area contributed by atoms with Gasteiger partial charge in [-0.05, 0) is 5.92 Å². The number of aliphatic carboxylic acids is 1. The first-order valence-corrected chi connectivity index (χ1v) is 6.65. The zero-order valence-corrected chi connectivity index (χ0v) is 11.8. The highest BCUT2D eigenvalue weighted by molar-refractivity contribution is 5.95. The Labute approximate surface area is 117 Å². The van der Waals surface area contributed by atoms with Gasteiger partial charge in [0.1, 0.15) is 6.04 Å². The second kappa shape index (κ2) is 7.81. The molecule has 114 valence electrons. The van der Waals surface area contributed by atoms with Gasteiger partial charge in [-0.15, -0.1) is 0 Å². The minimum absolute atomic E-state index is 0.103. The highest BCUT2D eigenvalue weighted by Gasteiger charge is 2.29. The molecule has 0 bridgehead atoms. The molecule has 3 amide bonds. The van der Waals surface area contributed by atoms with E-state index in [0.717, 1.165) is 0 Å². The summed E-state index contributed by atoms with van der Waals surface area (Å²) in [5.74, 6) is -1.19. The Bertz CT molecular complexity index is 372. The first-order valence-electron chi connectivity index (χ1n) is 6.65. The topological polar surface area (TPSA) is 111 Å². The second-order valence-corrected chi connectivity index (χ2v) is 5.18. The predicted octanol–water partition coefficient (Wildman–Crippen LogP) is -1.17. The minimum atomic E-state index is -0.978. The van der Waals surface area contributed by atoms with E-state index in [-0.39, 0.29) is 6.54 Å². The van der Waals surface area contributed by atoms with E-state index in [1.54, 1.807) is 4.90 Å². The van der Waals surface area contributed by atoms with Gasteiger partial charge >= 0.3 is 12.0 Å². The van der Waals surface area contributed by atoms with Gasteiger partial charge in [0.15, 0.2) is 0 Å². The van der Waals surface area contributed by atoms with E-state index >= 15 is 0 Å². The summed E-state index contributed by atoms with van der Waals surface area (Å²) >= 11 is 0. The summed E-state index contributed by atoms with van der Waals surface area (Å²) in [6.07, 6.45) is 0. The van der Waals surface area contributed by atoms with Crippen LogP contribution in [0.3, 0.4) is 0 Å². The molecule has 1 aliphatic heterocycles. The molecule has 0 spiro atoms. The standard InChI is InChI=1S/C12H22N4O4/c1-8(2)5-14-12(20)15-10(17)7-16-4-3-13-6-9(16)11(18)19/h8-9,13H,3-7H2,1-2H3,(H,18,19)(H2,14,15,17,20). The van der Waals surface area contributed by atoms with E-state index in [1.807, 2.05) is 13.8 Å². The zero-order chi connectivity index (χ0) is 15.1. The van der Waals surface area contributed by atoms with Crippen molar-refractivity contribution in [1.29, 1.82) is 0 Å². The van der Waals surface area contributed by atoms with Gasteiger partial charge in [0, 0.05) is 26.2 Å². The largest absolute Gasteiger partial charge is 0.480 e. The average Bonchev–Trinajstić information content (AvgIpc) is 2.36. The number of hydrogen-bond acceptors (Lipinski definition) is 5. The van der Waals surface area contributed by atoms with Crippen molar-refractivity contribution < 1.29 is 19.5 Å². The Morgan fingerprint density at radius 1 is 1.40 bits per heavy atom. The van der Waals surface area contributed by atoms with Crippen molar-refractivity contribution in [3.05, 3.63) is 0 Å². The van der Waals surface area contributed by atoms with Crippen LogP contribution in [0.2, 0.25) is 0 Å². The van der Waals surface area contributed by atoms with E-state index in [1.165, 1.54) is 0 Å². The van der Waals surface area contributed by atoms with E-state index in [9.17, 15) is 14.4 Å². The number of carboxylic acid groups (broad SMARTS) is 1. The van der Waals surface area contributed by atoms with Crippen LogP contribution in [0.4, 0.5) is 4.79 Å². The summed E-state index contributed by atoms with van der Waals surface area (Å²) in [6.45, 7) is 5.63. The second-order valence-electron chi connectivity index (χ2n) is 5.18. The van der Waals surface area contributed by atoms with Crippen molar-refractivity contribution in [2.75, 3.05) is 32.7 Å². The summed E-state index contributed by atoms with van der Waals surface area (Å²) in [7, 11) is 0. The lowest BCUT2D eigenvalue weighted by atomic mass is 10.2. The lowest BCUT2D eigenvalue weighted by Gasteiger charge is -2.32. The highest BCUT2D eigenvalue weighted by atomic mass is 16.4. The van der Waals surface area contributed by atoms with Crippen LogP contribution < -0.4 is 16.0 Å². The minimum Gasteiger partial charge on any atom is -0.480 e. The Hall–Kier alpha value is -1.67. The Morgan fingerprint density at radius 2 is 2.10 bits per heavy atom. The van der Waals surface area contributed by atoms with Crippen molar-refractivity contribution in [3.63, 3.8) is 0 Å². The molecule has 0 aromatic heterocycles. The summed E-state index contributed by atoms with van der Waals surface area (Å²) in [5, 5.41) is 16.8. The van der Waals surface area contributed by atoms with Crippen molar-refractivity contribution in [1.82, 2.24) is 20.9 Å². The van der Waals surface area contributed by atoms with Crippen molar-refractivity contribution >= 4 is 17.9 Å². The molecule has 0 aromatic carbocycles. The number of carboxylic acids is 1. The molecule has 8 nitrogen and oxygen atoms in total. The third-order valence-corrected chi connectivity index (χ3v) is 2.91. The van der Waals surface area contributed by atoms with Crippen LogP contribution in [0, 0.1) is 5.92 Å². The molecule has 1 heterocycles. The number of carbonyl (C=O) groups excluding carboxylic acids is 2. The van der Waals surface area contributed by atoms with Gasteiger partial charge in [-0.1, -0.05) is 13.8 Å². The SMILES string of the molecule is CC(C)CNC(=O)NC(=O)CN1CCNCC1C(=O)O. The molecule has 1 atom stereocenters. The lowest BCUT2D eigenvalue weighted by Crippen LogP contribution is -2.57. The Kier molecular flexibility index (Phi) is 6.40. The number of amides is 3. The number of urea groups is 1. The van der Waals surface area contributed by atoms with Crippen LogP contribution in [-0.4, -0.2) is 66.7 Å². The van der Waals surface area contributed by atoms with E-state index in [2.05, 4.69) is 16.0 Å². The number of nitrogens with zero attached hydrogens (tertiary/aromatic N) is 1. The van der Waals surface area contributed by atoms with Gasteiger partial charge < -0.3 is 15.7 Å². The van der Waals surface area contributed by atoms with Crippen molar-refractivity contribution in [2.24, 2.45) is 5.92 Å². The molecule has 1 saturated heterocycles. The molecule has 0 radical (unpaired) electrons. The van der Waals surface area contributed by atoms with Crippen LogP contribution >= 0.6 is 0 Å². The molecule has 4 N–H and O–H groups in total. The number of carbonyl (C=O) groups is 3. The Morgan fingerprint density at radius 3 is 2.70 bits per heavy atom. The first-order chi connectivity index (χ1) is 9.40. The summed E-state index contributed by atoms with van der Waals surface area (Å²) < 4.78 is 0. The van der Waals surface area contributed by atoms with Crippen LogP contribution in [0.5, 0.6) is 0 Å². The molecule has 20 heavy (non-hydrogen) atoms. The molecular formula is C12H22N4O4. The van der Waals surface area contributed by atoms with Gasteiger partial charge in [-0.3, -0.25) is 19.8 Å². The molecule has 8 heteroatoms. The van der Waals surface area contributed by atoms with Crippen LogP contribution in [-0.2, 0) is 9.59 Å². The Balaban J connectivity index is 2.40. The molecular weight excluding hydrogens is 264 g/mol. The molecule has 1 unspecified atom stereocenters. The van der Waals surface area contributed by atoms with Gasteiger partial charge in [-0.2, -0.15) is 0 Å². The summed E-state index contributed by atoms with van der Waals surface area (Å²) in [6, 6.07) is -1.29. The average molecular weight is 286 g/mol. The number of nitrogens with one attached hydrogen (secondary N) is 3. The molecule has 1 fully saturated rings. The van der Waals surface area contributed by atoms with Gasteiger partial charge in [0.2, 0.25) is 5.91 Å². The number of hydrogen-bond donors (Lipinski definition) is 4. The molecule has 1 aliphatic rings. The number of rotatable bonds is 5. The fourth-order valence-electron chi connectivity index (χ4n) is 1.87. The maximum absolute atomic E-state index is 11.7. The van der Waals surface area contributed by atoms with E-state index in [0.29, 0.717) is 32.1 Å². The van der Waals surface area contributed by atoms with Gasteiger partial charge in [-0.25, -0.2) is 4.79 Å². The zero-order valence-electron chi connectivity index (χ0n) is 11.8. The first kappa shape index (κ1) is 16.4. The maximum atomic E-state index is 11.7. The monoisotopic (exact) mass is 286 g/mol. The van der Waals surface area contributed by atoms with Crippen LogP contribution in [0.15, 0.2) is 0 Å². The molecule has 0 aliphatic carbocycles. The maximum Gasteiger partial charge on any atom is 0.322 e. The van der Waals surface area contributed by atoms with Crippen LogP contribution in [0.1, 0.15) is 13.8 Å².